The number of hydrogen-bond donors (Lipinski definition) is 0. The highest BCUT2D eigenvalue weighted by atomic mass is 16.7. The summed E-state index contributed by atoms with van der Waals surface area (Å²) in [4.78, 5) is 12.9. The first-order valence-corrected chi connectivity index (χ1v) is 11.9. The van der Waals surface area contributed by atoms with Gasteiger partial charge in [-0.05, 0) is 67.9 Å². The first-order chi connectivity index (χ1) is 16.4. The summed E-state index contributed by atoms with van der Waals surface area (Å²) in [5, 5.41) is 4.62. The molecule has 1 saturated heterocycles. The monoisotopic (exact) mass is 454 g/mol. The van der Waals surface area contributed by atoms with Crippen LogP contribution >= 0.6 is 0 Å². The van der Waals surface area contributed by atoms with E-state index in [-0.39, 0.29) is 0 Å². The molecular formula is C28H30N4O2. The van der Waals surface area contributed by atoms with E-state index in [1.807, 2.05) is 24.0 Å². The highest BCUT2D eigenvalue weighted by Crippen LogP contribution is 2.57. The Hall–Kier alpha value is -3.54. The molecule has 1 atom stereocenters. The summed E-state index contributed by atoms with van der Waals surface area (Å²) in [5.41, 5.74) is 6.39. The molecule has 3 heterocycles. The summed E-state index contributed by atoms with van der Waals surface area (Å²) in [6, 6.07) is 14.9. The lowest BCUT2D eigenvalue weighted by Crippen LogP contribution is -2.50. The predicted molar refractivity (Wildman–Crippen MR) is 133 cm³/mol. The van der Waals surface area contributed by atoms with Gasteiger partial charge >= 0.3 is 0 Å². The van der Waals surface area contributed by atoms with Crippen molar-refractivity contribution in [1.29, 1.82) is 0 Å². The van der Waals surface area contributed by atoms with Gasteiger partial charge < -0.3 is 19.0 Å². The normalized spacial score (nSPS) is 23.6. The average molecular weight is 455 g/mol. The zero-order valence-electron chi connectivity index (χ0n) is 20.2. The minimum absolute atomic E-state index is 0.322. The Kier molecular flexibility index (Phi) is 4.63. The smallest absolute Gasteiger partial charge is 0.234 e. The molecule has 6 rings (SSSR count). The Morgan fingerprint density at radius 1 is 1.09 bits per heavy atom. The third-order valence-electron chi connectivity index (χ3n) is 7.51. The summed E-state index contributed by atoms with van der Waals surface area (Å²) in [7, 11) is 1.71. The molecular weight excluding hydrogens is 424 g/mol. The maximum atomic E-state index is 6.16. The largest absolute Gasteiger partial charge is 0.495 e. The van der Waals surface area contributed by atoms with Crippen molar-refractivity contribution in [3.8, 4) is 11.4 Å². The van der Waals surface area contributed by atoms with Crippen molar-refractivity contribution < 1.29 is 9.57 Å². The van der Waals surface area contributed by atoms with E-state index < -0.39 is 5.72 Å². The maximum Gasteiger partial charge on any atom is 0.234 e. The average Bonchev–Trinajstić information content (AvgIpc) is 3.27. The van der Waals surface area contributed by atoms with Crippen molar-refractivity contribution in [3.63, 3.8) is 0 Å². The van der Waals surface area contributed by atoms with Gasteiger partial charge in [-0.25, -0.2) is 4.98 Å². The van der Waals surface area contributed by atoms with Crippen LogP contribution in [0.2, 0.25) is 0 Å². The van der Waals surface area contributed by atoms with Crippen LogP contribution in [0.4, 0.5) is 0 Å². The van der Waals surface area contributed by atoms with E-state index in [0.717, 1.165) is 47.1 Å². The molecule has 6 heteroatoms. The van der Waals surface area contributed by atoms with E-state index in [2.05, 4.69) is 77.4 Å². The molecule has 1 spiro atoms. The number of rotatable bonds is 4. The molecule has 3 aliphatic rings. The Morgan fingerprint density at radius 2 is 1.88 bits per heavy atom. The number of aromatic nitrogens is 2. The first kappa shape index (κ1) is 21.0. The molecule has 174 valence electrons. The third-order valence-corrected chi connectivity index (χ3v) is 7.51. The van der Waals surface area contributed by atoms with E-state index in [1.54, 1.807) is 7.11 Å². The van der Waals surface area contributed by atoms with Gasteiger partial charge in [0.1, 0.15) is 5.75 Å². The van der Waals surface area contributed by atoms with Gasteiger partial charge in [0.25, 0.3) is 0 Å². The zero-order valence-corrected chi connectivity index (χ0v) is 20.2. The van der Waals surface area contributed by atoms with Crippen LogP contribution in [0, 0.1) is 19.3 Å². The number of amidine groups is 1. The Labute approximate surface area is 200 Å². The van der Waals surface area contributed by atoms with Crippen molar-refractivity contribution in [1.82, 2.24) is 14.5 Å². The minimum Gasteiger partial charge on any atom is -0.495 e. The fourth-order valence-electron chi connectivity index (χ4n) is 5.21. The van der Waals surface area contributed by atoms with E-state index in [1.165, 1.54) is 24.0 Å². The van der Waals surface area contributed by atoms with Crippen LogP contribution in [0.3, 0.4) is 0 Å². The van der Waals surface area contributed by atoms with Crippen LogP contribution in [0.15, 0.2) is 65.7 Å². The highest BCUT2D eigenvalue weighted by Gasteiger charge is 2.56. The van der Waals surface area contributed by atoms with Crippen LogP contribution in [-0.4, -0.2) is 33.9 Å². The highest BCUT2D eigenvalue weighted by molar-refractivity contribution is 6.04. The van der Waals surface area contributed by atoms with Gasteiger partial charge in [-0.2, -0.15) is 0 Å². The van der Waals surface area contributed by atoms with Gasteiger partial charge in [-0.1, -0.05) is 41.1 Å². The Balaban J connectivity index is 1.36. The summed E-state index contributed by atoms with van der Waals surface area (Å²) < 4.78 is 7.73. The third kappa shape index (κ3) is 3.40. The number of methoxy groups -OCH3 is 1. The van der Waals surface area contributed by atoms with Gasteiger partial charge in [0.2, 0.25) is 5.72 Å². The van der Waals surface area contributed by atoms with E-state index in [4.69, 9.17) is 9.57 Å². The van der Waals surface area contributed by atoms with Crippen molar-refractivity contribution in [3.05, 3.63) is 82.9 Å². The van der Waals surface area contributed by atoms with Crippen LogP contribution in [0.5, 0.6) is 5.75 Å². The van der Waals surface area contributed by atoms with Crippen LogP contribution < -0.4 is 4.74 Å². The molecule has 2 fully saturated rings. The molecule has 1 saturated carbocycles. The lowest BCUT2D eigenvalue weighted by molar-refractivity contribution is -0.0968. The summed E-state index contributed by atoms with van der Waals surface area (Å²) in [6.07, 6.45) is 9.60. The fourth-order valence-corrected chi connectivity index (χ4v) is 5.21. The van der Waals surface area contributed by atoms with Crippen LogP contribution in [0.25, 0.3) is 11.8 Å². The molecule has 0 amide bonds. The van der Waals surface area contributed by atoms with Gasteiger partial charge in [-0.15, -0.1) is 0 Å². The van der Waals surface area contributed by atoms with Gasteiger partial charge in [0, 0.05) is 25.2 Å². The molecule has 1 aliphatic carbocycles. The zero-order chi connectivity index (χ0) is 23.5. The number of aryl methyl sites for hydroxylation is 2. The molecule has 2 aromatic carbocycles. The second kappa shape index (κ2) is 7.49. The summed E-state index contributed by atoms with van der Waals surface area (Å²) in [6.45, 7) is 7.21. The summed E-state index contributed by atoms with van der Waals surface area (Å²) in [5.74, 6) is 1.77. The molecule has 1 unspecified atom stereocenters. The minimum atomic E-state index is -0.584. The number of fused-ring (bicyclic) bond motifs is 1. The van der Waals surface area contributed by atoms with E-state index in [9.17, 15) is 0 Å². The SMILES string of the molecule is COc1cc(/C=C2\CC3(CC3)CN3C2=NOC3(C)c2ccc(C)cc2)ccc1-n1cnc(C)c1. The van der Waals surface area contributed by atoms with Crippen molar-refractivity contribution in [2.75, 3.05) is 13.7 Å². The number of nitrogens with zero attached hydrogens (tertiary/aromatic N) is 4. The molecule has 0 radical (unpaired) electrons. The Morgan fingerprint density at radius 3 is 2.56 bits per heavy atom. The predicted octanol–water partition coefficient (Wildman–Crippen LogP) is 5.58. The van der Waals surface area contributed by atoms with E-state index >= 15 is 0 Å². The number of oxime groups is 1. The molecule has 34 heavy (non-hydrogen) atoms. The number of imidazole rings is 1. The number of ether oxygens (including phenoxy) is 1. The molecule has 3 aromatic rings. The van der Waals surface area contributed by atoms with Crippen molar-refractivity contribution in [2.45, 2.75) is 45.8 Å². The number of piperidine rings is 1. The molecule has 0 N–H and O–H groups in total. The summed E-state index contributed by atoms with van der Waals surface area (Å²) >= 11 is 0. The number of benzene rings is 2. The number of hydrogen-bond acceptors (Lipinski definition) is 5. The van der Waals surface area contributed by atoms with Crippen molar-refractivity contribution in [2.24, 2.45) is 10.6 Å². The van der Waals surface area contributed by atoms with E-state index in [0.29, 0.717) is 5.41 Å². The van der Waals surface area contributed by atoms with Crippen LogP contribution in [0.1, 0.15) is 48.6 Å². The maximum absolute atomic E-state index is 6.16. The molecule has 0 bridgehead atoms. The van der Waals surface area contributed by atoms with Crippen molar-refractivity contribution >= 4 is 11.9 Å². The van der Waals surface area contributed by atoms with Gasteiger partial charge in [0.15, 0.2) is 5.84 Å². The van der Waals surface area contributed by atoms with Crippen LogP contribution in [-0.2, 0) is 10.6 Å². The fraction of sp³-hybridized carbons (Fsp3) is 0.357. The lowest BCUT2D eigenvalue weighted by atomic mass is 9.86. The second-order valence-electron chi connectivity index (χ2n) is 10.1. The topological polar surface area (TPSA) is 51.9 Å². The van der Waals surface area contributed by atoms with Gasteiger partial charge in [0.05, 0.1) is 24.8 Å². The quantitative estimate of drug-likeness (QED) is 0.516. The second-order valence-corrected chi connectivity index (χ2v) is 10.1. The Bertz CT molecular complexity index is 1320. The standard InChI is InChI=1S/C28H30N4O2/c1-19-5-8-23(9-6-19)27(3)32-17-28(11-12-28)15-22(26(32)30-34-27)13-21-7-10-24(25(14-21)33-4)31-16-20(2)29-18-31/h5-10,13-14,16,18H,11-12,15,17H2,1-4H3/b22-13+. The molecule has 2 aliphatic heterocycles. The molecule has 6 nitrogen and oxygen atoms in total. The first-order valence-electron chi connectivity index (χ1n) is 11.9. The van der Waals surface area contributed by atoms with Gasteiger partial charge in [-0.3, -0.25) is 0 Å². The lowest BCUT2D eigenvalue weighted by Gasteiger charge is -2.41. The molecule has 1 aromatic heterocycles.